The van der Waals surface area contributed by atoms with Gasteiger partial charge in [0.15, 0.2) is 10.8 Å². The highest BCUT2D eigenvalue weighted by molar-refractivity contribution is 7.14. The first kappa shape index (κ1) is 19.0. The van der Waals surface area contributed by atoms with E-state index in [4.69, 9.17) is 4.74 Å². The first-order valence-electron chi connectivity index (χ1n) is 8.70. The second-order valence-electron chi connectivity index (χ2n) is 6.19. The Morgan fingerprint density at radius 2 is 2.22 bits per heavy atom. The van der Waals surface area contributed by atoms with Gasteiger partial charge in [-0.15, -0.1) is 11.3 Å². The minimum absolute atomic E-state index is 0.144. The lowest BCUT2D eigenvalue weighted by Gasteiger charge is -2.32. The zero-order valence-corrected chi connectivity index (χ0v) is 16.0. The number of aryl methyl sites for hydroxylation is 1. The standard InChI is InChI=1S/C17H21N5O4S/c1-3-26-16(25)12-10-27-17(18-12)19-15(24)11-5-4-8-22(9-11)13-6-7-14(23)21(2)20-13/h6-7,10-11H,3-5,8-9H2,1-2H3,(H,18,19,24). The smallest absolute Gasteiger partial charge is 0.357 e. The molecule has 0 aliphatic carbocycles. The molecule has 1 aliphatic rings. The lowest BCUT2D eigenvalue weighted by Crippen LogP contribution is -2.41. The van der Waals surface area contributed by atoms with Gasteiger partial charge in [0.2, 0.25) is 5.91 Å². The van der Waals surface area contributed by atoms with Crippen LogP contribution in [-0.4, -0.2) is 46.3 Å². The third kappa shape index (κ3) is 4.51. The number of anilines is 2. The monoisotopic (exact) mass is 391 g/mol. The molecule has 10 heteroatoms. The molecule has 0 radical (unpaired) electrons. The number of amides is 1. The summed E-state index contributed by atoms with van der Waals surface area (Å²) in [6.07, 6.45) is 1.60. The molecule has 1 atom stereocenters. The van der Waals surface area contributed by atoms with Crippen LogP contribution in [0.3, 0.4) is 0 Å². The van der Waals surface area contributed by atoms with Crippen LogP contribution in [0.5, 0.6) is 0 Å². The van der Waals surface area contributed by atoms with Gasteiger partial charge in [0.25, 0.3) is 5.56 Å². The number of thiazole rings is 1. The van der Waals surface area contributed by atoms with E-state index in [9.17, 15) is 14.4 Å². The van der Waals surface area contributed by atoms with E-state index in [1.807, 2.05) is 4.90 Å². The molecule has 0 bridgehead atoms. The van der Waals surface area contributed by atoms with Gasteiger partial charge in [0.05, 0.1) is 12.5 Å². The van der Waals surface area contributed by atoms with Crippen molar-refractivity contribution in [3.05, 3.63) is 33.6 Å². The molecule has 1 unspecified atom stereocenters. The van der Waals surface area contributed by atoms with Gasteiger partial charge in [0, 0.05) is 31.6 Å². The zero-order chi connectivity index (χ0) is 19.4. The number of nitrogens with one attached hydrogen (secondary N) is 1. The Bertz CT molecular complexity index is 893. The largest absolute Gasteiger partial charge is 0.461 e. The Morgan fingerprint density at radius 1 is 1.41 bits per heavy atom. The van der Waals surface area contributed by atoms with Gasteiger partial charge in [-0.05, 0) is 25.8 Å². The van der Waals surface area contributed by atoms with Crippen LogP contribution in [0.1, 0.15) is 30.3 Å². The highest BCUT2D eigenvalue weighted by atomic mass is 32.1. The Hall–Kier alpha value is -2.75. The Labute approximate surface area is 160 Å². The fourth-order valence-corrected chi connectivity index (χ4v) is 3.58. The second-order valence-corrected chi connectivity index (χ2v) is 7.04. The van der Waals surface area contributed by atoms with E-state index >= 15 is 0 Å². The molecule has 1 N–H and O–H groups in total. The highest BCUT2D eigenvalue weighted by Crippen LogP contribution is 2.23. The Balaban J connectivity index is 1.64. The maximum absolute atomic E-state index is 12.6. The van der Waals surface area contributed by atoms with Crippen LogP contribution in [0.15, 0.2) is 22.3 Å². The number of rotatable bonds is 5. The molecule has 3 heterocycles. The van der Waals surface area contributed by atoms with Crippen molar-refractivity contribution in [3.63, 3.8) is 0 Å². The third-order valence-corrected chi connectivity index (χ3v) is 5.04. The first-order chi connectivity index (χ1) is 13.0. The van der Waals surface area contributed by atoms with Gasteiger partial charge in [-0.3, -0.25) is 9.59 Å². The maximum Gasteiger partial charge on any atom is 0.357 e. The SMILES string of the molecule is CCOC(=O)c1csc(NC(=O)C2CCCN(c3ccc(=O)n(C)n3)C2)n1. The summed E-state index contributed by atoms with van der Waals surface area (Å²) in [5, 5.41) is 8.97. The van der Waals surface area contributed by atoms with E-state index in [1.165, 1.54) is 22.1 Å². The summed E-state index contributed by atoms with van der Waals surface area (Å²) < 4.78 is 6.18. The van der Waals surface area contributed by atoms with Crippen molar-refractivity contribution >= 4 is 34.2 Å². The van der Waals surface area contributed by atoms with Crippen LogP contribution < -0.4 is 15.8 Å². The van der Waals surface area contributed by atoms with Crippen LogP contribution in [-0.2, 0) is 16.6 Å². The minimum Gasteiger partial charge on any atom is -0.461 e. The van der Waals surface area contributed by atoms with E-state index in [0.29, 0.717) is 17.5 Å². The maximum atomic E-state index is 12.6. The summed E-state index contributed by atoms with van der Waals surface area (Å²) in [7, 11) is 1.60. The van der Waals surface area contributed by atoms with Gasteiger partial charge in [-0.2, -0.15) is 5.10 Å². The average Bonchev–Trinajstić information content (AvgIpc) is 3.13. The number of carbonyl (C=O) groups excluding carboxylic acids is 2. The molecule has 2 aromatic rings. The van der Waals surface area contributed by atoms with Crippen molar-refractivity contribution in [1.82, 2.24) is 14.8 Å². The Morgan fingerprint density at radius 3 is 2.96 bits per heavy atom. The zero-order valence-electron chi connectivity index (χ0n) is 15.2. The first-order valence-corrected chi connectivity index (χ1v) is 9.58. The predicted octanol–water partition coefficient (Wildman–Crippen LogP) is 1.27. The van der Waals surface area contributed by atoms with Gasteiger partial charge in [-0.1, -0.05) is 0 Å². The molecule has 1 amide bonds. The number of aromatic nitrogens is 3. The summed E-state index contributed by atoms with van der Waals surface area (Å²) in [6, 6.07) is 3.15. The number of carbonyl (C=O) groups is 2. The molecule has 3 rings (SSSR count). The van der Waals surface area contributed by atoms with Crippen LogP contribution in [0.2, 0.25) is 0 Å². The molecule has 27 heavy (non-hydrogen) atoms. The van der Waals surface area contributed by atoms with Gasteiger partial charge >= 0.3 is 5.97 Å². The fraction of sp³-hybridized carbons (Fsp3) is 0.471. The van der Waals surface area contributed by atoms with Crippen LogP contribution in [0.4, 0.5) is 10.9 Å². The summed E-state index contributed by atoms with van der Waals surface area (Å²) >= 11 is 1.19. The molecular weight excluding hydrogens is 370 g/mol. The number of hydrogen-bond acceptors (Lipinski definition) is 8. The normalized spacial score (nSPS) is 16.8. The van der Waals surface area contributed by atoms with Crippen molar-refractivity contribution in [2.75, 3.05) is 29.9 Å². The van der Waals surface area contributed by atoms with E-state index in [-0.39, 0.29) is 29.7 Å². The van der Waals surface area contributed by atoms with Gasteiger partial charge in [-0.25, -0.2) is 14.5 Å². The quantitative estimate of drug-likeness (QED) is 0.765. The highest BCUT2D eigenvalue weighted by Gasteiger charge is 2.27. The molecule has 0 spiro atoms. The molecular formula is C17H21N5O4S. The van der Waals surface area contributed by atoms with E-state index in [2.05, 4.69) is 15.4 Å². The average molecular weight is 391 g/mol. The molecule has 144 valence electrons. The third-order valence-electron chi connectivity index (χ3n) is 4.28. The number of hydrogen-bond donors (Lipinski definition) is 1. The summed E-state index contributed by atoms with van der Waals surface area (Å²) in [5.41, 5.74) is 0.0167. The number of nitrogens with zero attached hydrogens (tertiary/aromatic N) is 4. The molecule has 9 nitrogen and oxygen atoms in total. The molecule has 0 saturated carbocycles. The van der Waals surface area contributed by atoms with Crippen molar-refractivity contribution < 1.29 is 14.3 Å². The van der Waals surface area contributed by atoms with E-state index in [0.717, 1.165) is 19.4 Å². The summed E-state index contributed by atoms with van der Waals surface area (Å²) in [5.74, 6) is -0.200. The van der Waals surface area contributed by atoms with Crippen molar-refractivity contribution in [2.45, 2.75) is 19.8 Å². The molecule has 1 saturated heterocycles. The molecule has 1 aliphatic heterocycles. The van der Waals surface area contributed by atoms with E-state index < -0.39 is 5.97 Å². The van der Waals surface area contributed by atoms with Crippen LogP contribution >= 0.6 is 11.3 Å². The van der Waals surface area contributed by atoms with Gasteiger partial charge < -0.3 is 15.0 Å². The van der Waals surface area contributed by atoms with E-state index in [1.54, 1.807) is 25.4 Å². The van der Waals surface area contributed by atoms with Crippen LogP contribution in [0.25, 0.3) is 0 Å². The Kier molecular flexibility index (Phi) is 5.84. The van der Waals surface area contributed by atoms with Crippen molar-refractivity contribution in [2.24, 2.45) is 13.0 Å². The van der Waals surface area contributed by atoms with Gasteiger partial charge in [0.1, 0.15) is 5.82 Å². The van der Waals surface area contributed by atoms with Crippen molar-refractivity contribution in [1.29, 1.82) is 0 Å². The lowest BCUT2D eigenvalue weighted by molar-refractivity contribution is -0.120. The number of esters is 1. The second kappa shape index (κ2) is 8.30. The lowest BCUT2D eigenvalue weighted by atomic mass is 9.97. The number of ether oxygens (including phenoxy) is 1. The fourth-order valence-electron chi connectivity index (χ4n) is 2.90. The topological polar surface area (TPSA) is 106 Å². The predicted molar refractivity (Wildman–Crippen MR) is 101 cm³/mol. The number of piperidine rings is 1. The van der Waals surface area contributed by atoms with Crippen LogP contribution in [0, 0.1) is 5.92 Å². The molecule has 1 fully saturated rings. The minimum atomic E-state index is -0.501. The van der Waals surface area contributed by atoms with Crippen molar-refractivity contribution in [3.8, 4) is 0 Å². The summed E-state index contributed by atoms with van der Waals surface area (Å²) in [4.78, 5) is 41.9. The summed E-state index contributed by atoms with van der Waals surface area (Å²) in [6.45, 7) is 3.28. The molecule has 2 aromatic heterocycles. The molecule has 0 aromatic carbocycles.